The molecule has 0 N–H and O–H groups in total. The largest absolute Gasteiger partial charge is 0.443 e. The Hall–Kier alpha value is -2.12. The highest BCUT2D eigenvalue weighted by Gasteiger charge is 2.51. The van der Waals surface area contributed by atoms with Gasteiger partial charge >= 0.3 is 6.09 Å². The fourth-order valence-electron chi connectivity index (χ4n) is 4.96. The molecular weight excluding hydrogens is 372 g/mol. The molecule has 0 bridgehead atoms. The Morgan fingerprint density at radius 3 is 2.66 bits per heavy atom. The molecule has 0 aromatic rings. The zero-order valence-corrected chi connectivity index (χ0v) is 17.9. The summed E-state index contributed by atoms with van der Waals surface area (Å²) in [6.07, 6.45) is 3.88. The zero-order valence-electron chi connectivity index (χ0n) is 17.9. The predicted octanol–water partition coefficient (Wildman–Crippen LogP) is 2.50. The summed E-state index contributed by atoms with van der Waals surface area (Å²) in [6.45, 7) is 8.37. The lowest BCUT2D eigenvalue weighted by molar-refractivity contribution is -0.123. The van der Waals surface area contributed by atoms with Gasteiger partial charge in [-0.05, 0) is 36.6 Å². The van der Waals surface area contributed by atoms with Crippen LogP contribution >= 0.6 is 0 Å². The highest BCUT2D eigenvalue weighted by molar-refractivity contribution is 6.00. The van der Waals surface area contributed by atoms with Crippen LogP contribution in [0.2, 0.25) is 0 Å². The number of fused-ring (bicyclic) bond motifs is 2. The third kappa shape index (κ3) is 3.11. The molecule has 0 radical (unpaired) electrons. The topological polar surface area (TPSA) is 68.3 Å². The molecule has 2 aliphatic carbocycles. The lowest BCUT2D eigenvalue weighted by Crippen LogP contribution is -2.52. The second-order valence-corrected chi connectivity index (χ2v) is 8.65. The molecule has 29 heavy (non-hydrogen) atoms. The van der Waals surface area contributed by atoms with Gasteiger partial charge in [-0.25, -0.2) is 4.79 Å². The van der Waals surface area contributed by atoms with Gasteiger partial charge in [0.1, 0.15) is 12.2 Å². The number of nitrogens with zero attached hydrogens (tertiary/aromatic N) is 2. The molecule has 1 fully saturated rings. The molecule has 2 aliphatic heterocycles. The first-order valence-electron chi connectivity index (χ1n) is 10.3. The van der Waals surface area contributed by atoms with Crippen molar-refractivity contribution in [2.45, 2.75) is 39.4 Å². The summed E-state index contributed by atoms with van der Waals surface area (Å²) >= 11 is 0. The maximum Gasteiger partial charge on any atom is 0.410 e. The second kappa shape index (κ2) is 7.29. The van der Waals surface area contributed by atoms with Gasteiger partial charge in [0.2, 0.25) is 0 Å². The van der Waals surface area contributed by atoms with Gasteiger partial charge in [-0.2, -0.15) is 0 Å². The summed E-state index contributed by atoms with van der Waals surface area (Å²) < 4.78 is 17.0. The number of ether oxygens (including phenoxy) is 3. The summed E-state index contributed by atoms with van der Waals surface area (Å²) in [4.78, 5) is 28.6. The summed E-state index contributed by atoms with van der Waals surface area (Å²) in [7, 11) is 3.46. The molecule has 4 rings (SSSR count). The normalized spacial score (nSPS) is 34.5. The summed E-state index contributed by atoms with van der Waals surface area (Å²) in [5.74, 6) is 0.0804. The molecule has 158 valence electrons. The van der Waals surface area contributed by atoms with Crippen molar-refractivity contribution in [3.8, 4) is 0 Å². The van der Waals surface area contributed by atoms with Crippen LogP contribution in [0.15, 0.2) is 34.6 Å². The highest BCUT2D eigenvalue weighted by atomic mass is 16.6. The van der Waals surface area contributed by atoms with Gasteiger partial charge in [0.25, 0.3) is 5.91 Å². The molecule has 1 saturated heterocycles. The number of hydrogen-bond donors (Lipinski definition) is 0. The third-order valence-electron chi connectivity index (χ3n) is 7.19. The van der Waals surface area contributed by atoms with E-state index in [1.54, 1.807) is 16.9 Å². The Balaban J connectivity index is 1.65. The molecule has 0 aromatic heterocycles. The smallest absolute Gasteiger partial charge is 0.410 e. The van der Waals surface area contributed by atoms with Crippen LogP contribution in [0.1, 0.15) is 27.2 Å². The number of rotatable bonds is 2. The minimum Gasteiger partial charge on any atom is -0.443 e. The van der Waals surface area contributed by atoms with Crippen LogP contribution in [0.25, 0.3) is 0 Å². The number of morpholine rings is 1. The minimum absolute atomic E-state index is 0.0246. The fourth-order valence-corrected chi connectivity index (χ4v) is 4.96. The van der Waals surface area contributed by atoms with Crippen molar-refractivity contribution in [2.24, 2.45) is 11.3 Å². The molecule has 2 heterocycles. The number of methoxy groups -OCH3 is 1. The average molecular weight is 402 g/mol. The van der Waals surface area contributed by atoms with Gasteiger partial charge in [0.05, 0.1) is 13.2 Å². The maximum atomic E-state index is 12.8. The summed E-state index contributed by atoms with van der Waals surface area (Å²) in [5, 5.41) is 0. The van der Waals surface area contributed by atoms with E-state index < -0.39 is 6.10 Å². The number of amides is 2. The molecule has 7 heteroatoms. The fraction of sp³-hybridized carbons (Fsp3) is 0.636. The molecule has 0 spiro atoms. The quantitative estimate of drug-likeness (QED) is 0.710. The van der Waals surface area contributed by atoms with Crippen molar-refractivity contribution in [3.05, 3.63) is 34.6 Å². The number of carbonyl (C=O) groups excluding carboxylic acids is 2. The molecule has 7 nitrogen and oxygen atoms in total. The van der Waals surface area contributed by atoms with Crippen molar-refractivity contribution >= 4 is 12.0 Å². The Labute approximate surface area is 171 Å². The number of allylic oxidation sites excluding steroid dienone is 3. The molecule has 0 saturated carbocycles. The van der Waals surface area contributed by atoms with Crippen LogP contribution in [-0.4, -0.2) is 74.5 Å². The SMILES string of the molecule is CO[C@@H]1C=C2C=C3C(=C(C)C(=O)N3C)C[C@]2(C)[C@@H](C)[C@H]1OC(=O)N1CCOCC1. The lowest BCUT2D eigenvalue weighted by atomic mass is 9.59. The Bertz CT molecular complexity index is 823. The van der Waals surface area contributed by atoms with Gasteiger partial charge in [0.15, 0.2) is 0 Å². The van der Waals surface area contributed by atoms with Gasteiger partial charge < -0.3 is 24.0 Å². The number of carbonyl (C=O) groups is 2. The van der Waals surface area contributed by atoms with Gasteiger partial charge in [0, 0.05) is 49.9 Å². The predicted molar refractivity (Wildman–Crippen MR) is 107 cm³/mol. The van der Waals surface area contributed by atoms with E-state index in [1.807, 2.05) is 14.0 Å². The van der Waals surface area contributed by atoms with Crippen LogP contribution < -0.4 is 0 Å². The molecule has 2 amide bonds. The van der Waals surface area contributed by atoms with Crippen molar-refractivity contribution in [1.29, 1.82) is 0 Å². The van der Waals surface area contributed by atoms with Gasteiger partial charge in [-0.1, -0.05) is 13.8 Å². The van der Waals surface area contributed by atoms with E-state index in [0.717, 1.165) is 28.8 Å². The van der Waals surface area contributed by atoms with E-state index in [0.29, 0.717) is 26.3 Å². The van der Waals surface area contributed by atoms with E-state index in [1.165, 1.54) is 0 Å². The lowest BCUT2D eigenvalue weighted by Gasteiger charge is -2.49. The monoisotopic (exact) mass is 402 g/mol. The minimum atomic E-state index is -0.394. The van der Waals surface area contributed by atoms with E-state index in [4.69, 9.17) is 14.2 Å². The second-order valence-electron chi connectivity index (χ2n) is 8.65. The summed E-state index contributed by atoms with van der Waals surface area (Å²) in [5.41, 5.74) is 3.78. The number of likely N-dealkylation sites (N-methyl/N-ethyl adjacent to an activating group) is 1. The van der Waals surface area contributed by atoms with E-state index >= 15 is 0 Å². The van der Waals surface area contributed by atoms with Crippen molar-refractivity contribution in [2.75, 3.05) is 40.5 Å². The molecule has 0 aromatic carbocycles. The van der Waals surface area contributed by atoms with Crippen LogP contribution in [0.3, 0.4) is 0 Å². The standard InChI is InChI=1S/C22H30N2O5/c1-13-16-12-22(3)14(2)19(29-21(26)24-6-8-28-9-7-24)18(27-5)11-15(22)10-17(16)23(4)20(13)25/h10-11,14,18-19H,6-9,12H2,1-5H3/t14-,18+,19+,22+/m0/s1. The maximum absolute atomic E-state index is 12.8. The van der Waals surface area contributed by atoms with Crippen LogP contribution in [-0.2, 0) is 19.0 Å². The van der Waals surface area contributed by atoms with Crippen LogP contribution in [0.5, 0.6) is 0 Å². The van der Waals surface area contributed by atoms with Gasteiger partial charge in [-0.15, -0.1) is 0 Å². The average Bonchev–Trinajstić information content (AvgIpc) is 2.93. The zero-order chi connectivity index (χ0) is 20.9. The third-order valence-corrected chi connectivity index (χ3v) is 7.19. The van der Waals surface area contributed by atoms with E-state index in [2.05, 4.69) is 26.0 Å². The first-order valence-corrected chi connectivity index (χ1v) is 10.3. The Kier molecular flexibility index (Phi) is 5.07. The Morgan fingerprint density at radius 1 is 1.31 bits per heavy atom. The summed E-state index contributed by atoms with van der Waals surface area (Å²) in [6, 6.07) is 0. The molecule has 0 unspecified atom stereocenters. The van der Waals surface area contributed by atoms with Crippen molar-refractivity contribution < 1.29 is 23.8 Å². The van der Waals surface area contributed by atoms with Crippen molar-refractivity contribution in [3.63, 3.8) is 0 Å². The first kappa shape index (κ1) is 20.2. The first-order chi connectivity index (χ1) is 13.8. The Morgan fingerprint density at radius 2 is 2.00 bits per heavy atom. The van der Waals surface area contributed by atoms with E-state index in [9.17, 15) is 9.59 Å². The molecular formula is C22H30N2O5. The molecule has 4 atom stereocenters. The van der Waals surface area contributed by atoms with Crippen molar-refractivity contribution in [1.82, 2.24) is 9.80 Å². The molecule has 4 aliphatic rings. The van der Waals surface area contributed by atoms with Gasteiger partial charge in [-0.3, -0.25) is 4.79 Å². The highest BCUT2D eigenvalue weighted by Crippen LogP contribution is 2.54. The van der Waals surface area contributed by atoms with Crippen LogP contribution in [0, 0.1) is 11.3 Å². The van der Waals surface area contributed by atoms with Crippen LogP contribution in [0.4, 0.5) is 4.79 Å². The number of hydrogen-bond acceptors (Lipinski definition) is 5. The van der Waals surface area contributed by atoms with E-state index in [-0.39, 0.29) is 29.4 Å².